The molecule has 98 valence electrons. The van der Waals surface area contributed by atoms with Crippen LogP contribution in [0.5, 0.6) is 5.75 Å². The summed E-state index contributed by atoms with van der Waals surface area (Å²) >= 11 is 0. The number of benzene rings is 2. The highest BCUT2D eigenvalue weighted by molar-refractivity contribution is 5.97. The van der Waals surface area contributed by atoms with Crippen LogP contribution in [0.3, 0.4) is 0 Å². The number of hydrogen-bond acceptors (Lipinski definition) is 2. The molecule has 0 amide bonds. The molecule has 0 fully saturated rings. The first-order valence-electron chi connectivity index (χ1n) is 6.34. The fourth-order valence-corrected chi connectivity index (χ4v) is 2.17. The normalized spacial score (nSPS) is 10.3. The Morgan fingerprint density at radius 1 is 1.00 bits per heavy atom. The molecular weight excluding hydrogens is 236 g/mol. The third kappa shape index (κ3) is 3.02. The molecule has 2 rings (SSSR count). The average molecular weight is 254 g/mol. The lowest BCUT2D eigenvalue weighted by molar-refractivity contribution is 0.0992. The molecule has 0 aliphatic heterocycles. The van der Waals surface area contributed by atoms with Crippen molar-refractivity contribution in [2.45, 2.75) is 20.3 Å². The van der Waals surface area contributed by atoms with Gasteiger partial charge < -0.3 is 4.74 Å². The van der Waals surface area contributed by atoms with Gasteiger partial charge in [0.25, 0.3) is 0 Å². The van der Waals surface area contributed by atoms with E-state index in [0.717, 1.165) is 16.9 Å². The first-order chi connectivity index (χ1) is 9.11. The number of Topliss-reactive ketones (excluding diaryl/α,β-unsaturated/α-hetero) is 1. The number of ketones is 1. The smallest absolute Gasteiger partial charge is 0.167 e. The molecule has 0 saturated carbocycles. The van der Waals surface area contributed by atoms with E-state index in [2.05, 4.69) is 0 Å². The standard InChI is InChI=1S/C17H18O2/c1-12-5-4-6-13(2)16(12)11-17(18)14-7-9-15(19-3)10-8-14/h4-10H,11H2,1-3H3. The van der Waals surface area contributed by atoms with Crippen molar-refractivity contribution in [3.63, 3.8) is 0 Å². The van der Waals surface area contributed by atoms with E-state index in [1.54, 1.807) is 7.11 Å². The molecule has 0 spiro atoms. The van der Waals surface area contributed by atoms with Crippen LogP contribution in [0.4, 0.5) is 0 Å². The Hall–Kier alpha value is -2.09. The van der Waals surface area contributed by atoms with Crippen LogP contribution in [0.1, 0.15) is 27.0 Å². The summed E-state index contributed by atoms with van der Waals surface area (Å²) in [6.07, 6.45) is 0.449. The van der Waals surface area contributed by atoms with E-state index in [-0.39, 0.29) is 5.78 Å². The van der Waals surface area contributed by atoms with Crippen LogP contribution in [0, 0.1) is 13.8 Å². The van der Waals surface area contributed by atoms with Gasteiger partial charge in [0.15, 0.2) is 5.78 Å². The molecule has 2 aromatic rings. The predicted molar refractivity (Wildman–Crippen MR) is 76.9 cm³/mol. The Morgan fingerprint density at radius 3 is 2.11 bits per heavy atom. The maximum Gasteiger partial charge on any atom is 0.167 e. The minimum Gasteiger partial charge on any atom is -0.497 e. The van der Waals surface area contributed by atoms with E-state index >= 15 is 0 Å². The predicted octanol–water partition coefficient (Wildman–Crippen LogP) is 3.74. The van der Waals surface area contributed by atoms with Crippen LogP contribution in [0.15, 0.2) is 42.5 Å². The number of rotatable bonds is 4. The maximum absolute atomic E-state index is 12.3. The van der Waals surface area contributed by atoms with Gasteiger partial charge in [-0.15, -0.1) is 0 Å². The summed E-state index contributed by atoms with van der Waals surface area (Å²) in [5.74, 6) is 0.906. The molecule has 0 bridgehead atoms. The molecule has 0 atom stereocenters. The van der Waals surface area contributed by atoms with Crippen molar-refractivity contribution >= 4 is 5.78 Å². The molecular formula is C17H18O2. The highest BCUT2D eigenvalue weighted by Crippen LogP contribution is 2.18. The summed E-state index contributed by atoms with van der Waals surface area (Å²) in [7, 11) is 1.62. The topological polar surface area (TPSA) is 26.3 Å². The van der Waals surface area contributed by atoms with Crippen LogP contribution in [0.25, 0.3) is 0 Å². The van der Waals surface area contributed by atoms with E-state index in [0.29, 0.717) is 6.42 Å². The monoisotopic (exact) mass is 254 g/mol. The quantitative estimate of drug-likeness (QED) is 0.777. The zero-order chi connectivity index (χ0) is 13.8. The number of ether oxygens (including phenoxy) is 1. The molecule has 0 aliphatic rings. The van der Waals surface area contributed by atoms with E-state index < -0.39 is 0 Å². The summed E-state index contributed by atoms with van der Waals surface area (Å²) in [5.41, 5.74) is 4.19. The number of carbonyl (C=O) groups is 1. The van der Waals surface area contributed by atoms with Gasteiger partial charge in [-0.3, -0.25) is 4.79 Å². The minimum atomic E-state index is 0.139. The summed E-state index contributed by atoms with van der Waals surface area (Å²) < 4.78 is 5.09. The van der Waals surface area contributed by atoms with Crippen molar-refractivity contribution in [1.29, 1.82) is 0 Å². The van der Waals surface area contributed by atoms with Crippen molar-refractivity contribution in [2.75, 3.05) is 7.11 Å². The fraction of sp³-hybridized carbons (Fsp3) is 0.235. The summed E-state index contributed by atoms with van der Waals surface area (Å²) in [6.45, 7) is 4.09. The largest absolute Gasteiger partial charge is 0.497 e. The molecule has 0 aromatic heterocycles. The van der Waals surface area contributed by atoms with Crippen LogP contribution in [-0.2, 0) is 6.42 Å². The van der Waals surface area contributed by atoms with Gasteiger partial charge in [0.2, 0.25) is 0 Å². The van der Waals surface area contributed by atoms with Gasteiger partial charge in [-0.2, -0.15) is 0 Å². The van der Waals surface area contributed by atoms with Crippen LogP contribution in [0.2, 0.25) is 0 Å². The van der Waals surface area contributed by atoms with Gasteiger partial charge in [-0.1, -0.05) is 18.2 Å². The Labute approximate surface area is 114 Å². The lowest BCUT2D eigenvalue weighted by atomic mass is 9.95. The maximum atomic E-state index is 12.3. The third-order valence-electron chi connectivity index (χ3n) is 3.39. The molecule has 0 radical (unpaired) electrons. The van der Waals surface area contributed by atoms with Gasteiger partial charge in [-0.05, 0) is 54.8 Å². The van der Waals surface area contributed by atoms with Gasteiger partial charge in [0, 0.05) is 12.0 Å². The summed E-state index contributed by atoms with van der Waals surface area (Å²) in [6, 6.07) is 13.4. The molecule has 2 nitrogen and oxygen atoms in total. The SMILES string of the molecule is COc1ccc(C(=O)Cc2c(C)cccc2C)cc1. The molecule has 0 saturated heterocycles. The minimum absolute atomic E-state index is 0.139. The van der Waals surface area contributed by atoms with Crippen LogP contribution < -0.4 is 4.74 Å². The molecule has 0 heterocycles. The zero-order valence-electron chi connectivity index (χ0n) is 11.6. The Balaban J connectivity index is 2.20. The molecule has 2 heteroatoms. The fourth-order valence-electron chi connectivity index (χ4n) is 2.17. The molecule has 0 N–H and O–H groups in total. The van der Waals surface area contributed by atoms with Crippen molar-refractivity contribution < 1.29 is 9.53 Å². The average Bonchev–Trinajstić information content (AvgIpc) is 2.43. The summed E-state index contributed by atoms with van der Waals surface area (Å²) in [5, 5.41) is 0. The first kappa shape index (κ1) is 13.3. The Kier molecular flexibility index (Phi) is 4.00. The number of carbonyl (C=O) groups excluding carboxylic acids is 1. The van der Waals surface area contributed by atoms with Gasteiger partial charge in [-0.25, -0.2) is 0 Å². The number of methoxy groups -OCH3 is 1. The first-order valence-corrected chi connectivity index (χ1v) is 6.34. The van der Waals surface area contributed by atoms with Gasteiger partial charge in [0.1, 0.15) is 5.75 Å². The molecule has 2 aromatic carbocycles. The third-order valence-corrected chi connectivity index (χ3v) is 3.39. The Morgan fingerprint density at radius 2 is 1.58 bits per heavy atom. The van der Waals surface area contributed by atoms with Crippen LogP contribution in [-0.4, -0.2) is 12.9 Å². The lowest BCUT2D eigenvalue weighted by Crippen LogP contribution is -2.06. The van der Waals surface area contributed by atoms with Crippen molar-refractivity contribution in [3.05, 3.63) is 64.7 Å². The van der Waals surface area contributed by atoms with E-state index in [4.69, 9.17) is 4.74 Å². The van der Waals surface area contributed by atoms with Gasteiger partial charge in [0.05, 0.1) is 7.11 Å². The number of aryl methyl sites for hydroxylation is 2. The Bertz CT molecular complexity index is 562. The van der Waals surface area contributed by atoms with Crippen molar-refractivity contribution in [1.82, 2.24) is 0 Å². The zero-order valence-corrected chi connectivity index (χ0v) is 11.6. The highest BCUT2D eigenvalue weighted by Gasteiger charge is 2.10. The van der Waals surface area contributed by atoms with E-state index in [1.165, 1.54) is 11.1 Å². The highest BCUT2D eigenvalue weighted by atomic mass is 16.5. The molecule has 0 aliphatic carbocycles. The summed E-state index contributed by atoms with van der Waals surface area (Å²) in [4.78, 5) is 12.3. The molecule has 0 unspecified atom stereocenters. The second-order valence-electron chi connectivity index (χ2n) is 4.70. The van der Waals surface area contributed by atoms with Crippen molar-refractivity contribution in [3.8, 4) is 5.75 Å². The van der Waals surface area contributed by atoms with E-state index in [9.17, 15) is 4.79 Å². The van der Waals surface area contributed by atoms with E-state index in [1.807, 2.05) is 56.3 Å². The second kappa shape index (κ2) is 5.70. The molecule has 19 heavy (non-hydrogen) atoms. The second-order valence-corrected chi connectivity index (χ2v) is 4.70. The lowest BCUT2D eigenvalue weighted by Gasteiger charge is -2.09. The van der Waals surface area contributed by atoms with Gasteiger partial charge >= 0.3 is 0 Å². The van der Waals surface area contributed by atoms with Crippen LogP contribution >= 0.6 is 0 Å². The number of hydrogen-bond donors (Lipinski definition) is 0. The van der Waals surface area contributed by atoms with Crippen molar-refractivity contribution in [2.24, 2.45) is 0 Å².